The highest BCUT2D eigenvalue weighted by molar-refractivity contribution is 5.53. The van der Waals surface area contributed by atoms with Gasteiger partial charge in [0.25, 0.3) is 0 Å². The van der Waals surface area contributed by atoms with E-state index in [-0.39, 0.29) is 0 Å². The van der Waals surface area contributed by atoms with Gasteiger partial charge in [0.1, 0.15) is 0 Å². The van der Waals surface area contributed by atoms with E-state index in [0.29, 0.717) is 6.54 Å². The summed E-state index contributed by atoms with van der Waals surface area (Å²) in [5.41, 5.74) is 8.46. The molecule has 2 N–H and O–H groups in total. The molecule has 0 aromatic heterocycles. The summed E-state index contributed by atoms with van der Waals surface area (Å²) in [5, 5.41) is 0. The van der Waals surface area contributed by atoms with Crippen molar-refractivity contribution >= 4 is 5.69 Å². The average molecular weight is 262 g/mol. The lowest BCUT2D eigenvalue weighted by molar-refractivity contribution is 0.534. The van der Waals surface area contributed by atoms with Gasteiger partial charge in [-0.25, -0.2) is 0 Å². The Morgan fingerprint density at radius 2 is 1.47 bits per heavy atom. The van der Waals surface area contributed by atoms with E-state index < -0.39 is 0 Å². The SMILES string of the molecule is CC(C)CCN(CCC(C)C)c1ccccc1CN. The third-order valence-corrected chi connectivity index (χ3v) is 3.50. The molecule has 1 rings (SSSR count). The largest absolute Gasteiger partial charge is 0.371 e. The van der Waals surface area contributed by atoms with Crippen molar-refractivity contribution in [2.24, 2.45) is 17.6 Å². The normalized spacial score (nSPS) is 11.3. The summed E-state index contributed by atoms with van der Waals surface area (Å²) in [6, 6.07) is 8.55. The zero-order valence-electron chi connectivity index (χ0n) is 13.0. The maximum Gasteiger partial charge on any atom is 0.0411 e. The minimum Gasteiger partial charge on any atom is -0.371 e. The summed E-state index contributed by atoms with van der Waals surface area (Å²) >= 11 is 0. The zero-order valence-corrected chi connectivity index (χ0v) is 13.0. The molecule has 0 atom stereocenters. The number of anilines is 1. The van der Waals surface area contributed by atoms with Gasteiger partial charge in [0.2, 0.25) is 0 Å². The fourth-order valence-electron chi connectivity index (χ4n) is 2.17. The van der Waals surface area contributed by atoms with Crippen LogP contribution in [0.15, 0.2) is 24.3 Å². The summed E-state index contributed by atoms with van der Waals surface area (Å²) in [5.74, 6) is 1.48. The summed E-state index contributed by atoms with van der Waals surface area (Å²) < 4.78 is 0. The van der Waals surface area contributed by atoms with Gasteiger partial charge >= 0.3 is 0 Å². The van der Waals surface area contributed by atoms with Crippen molar-refractivity contribution in [3.8, 4) is 0 Å². The monoisotopic (exact) mass is 262 g/mol. The van der Waals surface area contributed by atoms with E-state index in [1.807, 2.05) is 0 Å². The van der Waals surface area contributed by atoms with Crippen LogP contribution in [-0.4, -0.2) is 13.1 Å². The van der Waals surface area contributed by atoms with Crippen molar-refractivity contribution in [1.82, 2.24) is 0 Å². The van der Waals surface area contributed by atoms with Gasteiger partial charge < -0.3 is 10.6 Å². The molecule has 0 unspecified atom stereocenters. The molecule has 1 aromatic rings. The molecular formula is C17H30N2. The van der Waals surface area contributed by atoms with Gasteiger partial charge in [-0.15, -0.1) is 0 Å². The Labute approximate surface area is 119 Å². The maximum atomic E-state index is 5.87. The van der Waals surface area contributed by atoms with Crippen LogP contribution in [0.5, 0.6) is 0 Å². The van der Waals surface area contributed by atoms with Gasteiger partial charge in [0.15, 0.2) is 0 Å². The number of nitrogens with two attached hydrogens (primary N) is 1. The second kappa shape index (κ2) is 8.21. The molecular weight excluding hydrogens is 232 g/mol. The Balaban J connectivity index is 2.81. The van der Waals surface area contributed by atoms with Crippen LogP contribution in [0.25, 0.3) is 0 Å². The van der Waals surface area contributed by atoms with Gasteiger partial charge in [0.05, 0.1) is 0 Å². The quantitative estimate of drug-likeness (QED) is 0.766. The highest BCUT2D eigenvalue weighted by Gasteiger charge is 2.11. The number of para-hydroxylation sites is 1. The summed E-state index contributed by atoms with van der Waals surface area (Å²) in [4.78, 5) is 2.52. The lowest BCUT2D eigenvalue weighted by atomic mass is 10.1. The molecule has 0 aliphatic rings. The van der Waals surface area contributed by atoms with Crippen LogP contribution < -0.4 is 10.6 Å². The fourth-order valence-corrected chi connectivity index (χ4v) is 2.17. The van der Waals surface area contributed by atoms with Crippen LogP contribution in [0.4, 0.5) is 5.69 Å². The van der Waals surface area contributed by atoms with Crippen molar-refractivity contribution in [1.29, 1.82) is 0 Å². The van der Waals surface area contributed by atoms with Gasteiger partial charge in [-0.1, -0.05) is 45.9 Å². The van der Waals surface area contributed by atoms with Gasteiger partial charge in [-0.2, -0.15) is 0 Å². The summed E-state index contributed by atoms with van der Waals surface area (Å²) in [6.45, 7) is 12.0. The van der Waals surface area contributed by atoms with E-state index in [1.54, 1.807) is 0 Å². The topological polar surface area (TPSA) is 29.3 Å². The standard InChI is InChI=1S/C17H30N2/c1-14(2)9-11-19(12-10-15(3)4)17-8-6-5-7-16(17)13-18/h5-8,14-15H,9-13,18H2,1-4H3. The highest BCUT2D eigenvalue weighted by atomic mass is 15.1. The van der Waals surface area contributed by atoms with Gasteiger partial charge in [-0.05, 0) is 36.3 Å². The second-order valence-electron chi connectivity index (χ2n) is 6.18. The van der Waals surface area contributed by atoms with Crippen LogP contribution in [0, 0.1) is 11.8 Å². The van der Waals surface area contributed by atoms with Crippen molar-refractivity contribution in [3.63, 3.8) is 0 Å². The molecule has 0 amide bonds. The second-order valence-corrected chi connectivity index (χ2v) is 6.18. The number of benzene rings is 1. The lowest BCUT2D eigenvalue weighted by Gasteiger charge is -2.28. The first kappa shape index (κ1) is 16.0. The van der Waals surface area contributed by atoms with E-state index in [4.69, 9.17) is 5.73 Å². The number of hydrogen-bond acceptors (Lipinski definition) is 2. The Hall–Kier alpha value is -1.02. The highest BCUT2D eigenvalue weighted by Crippen LogP contribution is 2.22. The van der Waals surface area contributed by atoms with E-state index >= 15 is 0 Å². The summed E-state index contributed by atoms with van der Waals surface area (Å²) in [7, 11) is 0. The van der Waals surface area contributed by atoms with Crippen molar-refractivity contribution in [2.75, 3.05) is 18.0 Å². The van der Waals surface area contributed by atoms with Crippen LogP contribution in [0.3, 0.4) is 0 Å². The third-order valence-electron chi connectivity index (χ3n) is 3.50. The molecule has 19 heavy (non-hydrogen) atoms. The van der Waals surface area contributed by atoms with Crippen molar-refractivity contribution < 1.29 is 0 Å². The minimum atomic E-state index is 0.621. The fraction of sp³-hybridized carbons (Fsp3) is 0.647. The van der Waals surface area contributed by atoms with Crippen LogP contribution in [0.2, 0.25) is 0 Å². The first-order valence-electron chi connectivity index (χ1n) is 7.57. The molecule has 0 saturated heterocycles. The first-order chi connectivity index (χ1) is 9.04. The molecule has 2 nitrogen and oxygen atoms in total. The minimum absolute atomic E-state index is 0.621. The summed E-state index contributed by atoms with van der Waals surface area (Å²) in [6.07, 6.45) is 2.47. The molecule has 1 aromatic carbocycles. The number of hydrogen-bond donors (Lipinski definition) is 1. The average Bonchev–Trinajstić information content (AvgIpc) is 2.38. The predicted octanol–water partition coefficient (Wildman–Crippen LogP) is 4.04. The molecule has 0 spiro atoms. The Morgan fingerprint density at radius 3 is 1.95 bits per heavy atom. The van der Waals surface area contributed by atoms with E-state index in [9.17, 15) is 0 Å². The first-order valence-corrected chi connectivity index (χ1v) is 7.57. The lowest BCUT2D eigenvalue weighted by Crippen LogP contribution is -2.28. The van der Waals surface area contributed by atoms with E-state index in [1.165, 1.54) is 24.1 Å². The van der Waals surface area contributed by atoms with E-state index in [0.717, 1.165) is 24.9 Å². The molecule has 108 valence electrons. The van der Waals surface area contributed by atoms with Gasteiger partial charge in [0, 0.05) is 25.3 Å². The van der Waals surface area contributed by atoms with Crippen LogP contribution in [0.1, 0.15) is 46.1 Å². The molecule has 0 aliphatic carbocycles. The molecule has 0 saturated carbocycles. The predicted molar refractivity (Wildman–Crippen MR) is 85.5 cm³/mol. The zero-order chi connectivity index (χ0) is 14.3. The smallest absolute Gasteiger partial charge is 0.0411 e. The third kappa shape index (κ3) is 5.65. The maximum absolute atomic E-state index is 5.87. The van der Waals surface area contributed by atoms with Crippen LogP contribution in [-0.2, 0) is 6.54 Å². The number of rotatable bonds is 8. The Kier molecular flexibility index (Phi) is 6.93. The van der Waals surface area contributed by atoms with Gasteiger partial charge in [-0.3, -0.25) is 0 Å². The molecule has 0 aliphatic heterocycles. The molecule has 2 heteroatoms. The number of nitrogens with zero attached hydrogens (tertiary/aromatic N) is 1. The Bertz CT molecular complexity index is 346. The van der Waals surface area contributed by atoms with Crippen LogP contribution >= 0.6 is 0 Å². The Morgan fingerprint density at radius 1 is 0.947 bits per heavy atom. The van der Waals surface area contributed by atoms with E-state index in [2.05, 4.69) is 56.9 Å². The molecule has 0 fully saturated rings. The van der Waals surface area contributed by atoms with Crippen molar-refractivity contribution in [3.05, 3.63) is 29.8 Å². The molecule has 0 radical (unpaired) electrons. The van der Waals surface area contributed by atoms with Crippen molar-refractivity contribution in [2.45, 2.75) is 47.1 Å². The molecule has 0 heterocycles. The molecule has 0 bridgehead atoms.